The number of primary amides is 1. The molecule has 3 aromatic rings. The maximum Gasteiger partial charge on any atom is 0.253 e. The van der Waals surface area contributed by atoms with Crippen molar-refractivity contribution in [1.82, 2.24) is 9.88 Å². The summed E-state index contributed by atoms with van der Waals surface area (Å²) >= 11 is 0. The van der Waals surface area contributed by atoms with Gasteiger partial charge in [-0.3, -0.25) is 14.4 Å². The molecule has 35 heavy (non-hydrogen) atoms. The Morgan fingerprint density at radius 2 is 1.83 bits per heavy atom. The molecule has 2 heterocycles. The number of anilines is 1. The number of piperidine rings is 1. The molecule has 4 rings (SSSR count). The molecule has 180 valence electrons. The van der Waals surface area contributed by atoms with Crippen molar-refractivity contribution in [1.29, 1.82) is 0 Å². The molecule has 3 amide bonds. The first kappa shape index (κ1) is 23.9. The highest BCUT2D eigenvalue weighted by atomic mass is 16.5. The molecule has 3 N–H and O–H groups in total. The van der Waals surface area contributed by atoms with Crippen molar-refractivity contribution in [2.45, 2.75) is 26.4 Å². The molecule has 0 aliphatic carbocycles. The van der Waals surface area contributed by atoms with Crippen molar-refractivity contribution in [3.8, 4) is 5.75 Å². The van der Waals surface area contributed by atoms with E-state index in [0.29, 0.717) is 48.6 Å². The zero-order valence-electron chi connectivity index (χ0n) is 19.6. The number of likely N-dealkylation sites (tertiary alicyclic amines) is 1. The van der Waals surface area contributed by atoms with E-state index in [1.165, 1.54) is 0 Å². The first-order chi connectivity index (χ1) is 16.9. The number of hydrogen-bond donors (Lipinski definition) is 2. The quantitative estimate of drug-likeness (QED) is 0.546. The third-order valence-electron chi connectivity index (χ3n) is 6.04. The zero-order chi connectivity index (χ0) is 24.8. The van der Waals surface area contributed by atoms with Crippen molar-refractivity contribution in [2.75, 3.05) is 18.4 Å². The Bertz CT molecular complexity index is 1220. The molecule has 1 saturated heterocycles. The fourth-order valence-corrected chi connectivity index (χ4v) is 4.05. The summed E-state index contributed by atoms with van der Waals surface area (Å²) in [6.07, 6.45) is 2.90. The van der Waals surface area contributed by atoms with Crippen LogP contribution in [-0.4, -0.2) is 40.7 Å². The average molecular weight is 473 g/mol. The topological polar surface area (TPSA) is 115 Å². The van der Waals surface area contributed by atoms with E-state index in [9.17, 15) is 14.4 Å². The maximum atomic E-state index is 13.1. The lowest BCUT2D eigenvalue weighted by atomic mass is 9.95. The Labute approximate surface area is 204 Å². The van der Waals surface area contributed by atoms with Crippen LogP contribution >= 0.6 is 0 Å². The number of hydrogen-bond acceptors (Lipinski definition) is 5. The minimum atomic E-state index is -0.559. The lowest BCUT2D eigenvalue weighted by Crippen LogP contribution is -2.41. The fourth-order valence-electron chi connectivity index (χ4n) is 4.05. The molecule has 8 nitrogen and oxygen atoms in total. The Balaban J connectivity index is 1.32. The van der Waals surface area contributed by atoms with Gasteiger partial charge in [-0.25, -0.2) is 4.98 Å². The first-order valence-electron chi connectivity index (χ1n) is 11.5. The predicted octanol–water partition coefficient (Wildman–Crippen LogP) is 3.56. The summed E-state index contributed by atoms with van der Waals surface area (Å²) in [5.41, 5.74) is 8.10. The maximum absolute atomic E-state index is 13.1. The van der Waals surface area contributed by atoms with Crippen LogP contribution in [0.5, 0.6) is 5.75 Å². The molecule has 0 spiro atoms. The highest BCUT2D eigenvalue weighted by Gasteiger charge is 2.28. The van der Waals surface area contributed by atoms with Gasteiger partial charge < -0.3 is 20.7 Å². The Morgan fingerprint density at radius 3 is 2.54 bits per heavy atom. The van der Waals surface area contributed by atoms with Gasteiger partial charge >= 0.3 is 0 Å². The third-order valence-corrected chi connectivity index (χ3v) is 6.04. The van der Waals surface area contributed by atoms with E-state index in [-0.39, 0.29) is 24.3 Å². The van der Waals surface area contributed by atoms with Gasteiger partial charge in [-0.15, -0.1) is 0 Å². The highest BCUT2D eigenvalue weighted by molar-refractivity contribution is 5.96. The highest BCUT2D eigenvalue weighted by Crippen LogP contribution is 2.22. The van der Waals surface area contributed by atoms with Crippen molar-refractivity contribution >= 4 is 23.5 Å². The number of carbonyl (C=O) groups excluding carboxylic acids is 3. The Kier molecular flexibility index (Phi) is 7.40. The fraction of sp³-hybridized carbons (Fsp3) is 0.259. The van der Waals surface area contributed by atoms with Gasteiger partial charge in [0.2, 0.25) is 5.91 Å². The summed E-state index contributed by atoms with van der Waals surface area (Å²) < 4.78 is 5.79. The molecule has 1 aromatic heterocycles. The lowest BCUT2D eigenvalue weighted by molar-refractivity contribution is -0.121. The second kappa shape index (κ2) is 10.8. The second-order valence-corrected chi connectivity index (χ2v) is 8.63. The van der Waals surface area contributed by atoms with Crippen LogP contribution in [0.2, 0.25) is 0 Å². The number of aryl methyl sites for hydroxylation is 1. The van der Waals surface area contributed by atoms with E-state index in [2.05, 4.69) is 10.3 Å². The monoisotopic (exact) mass is 472 g/mol. The van der Waals surface area contributed by atoms with Crippen LogP contribution in [-0.2, 0) is 11.4 Å². The van der Waals surface area contributed by atoms with Crippen LogP contribution in [0.3, 0.4) is 0 Å². The number of benzene rings is 2. The molecular weight excluding hydrogens is 444 g/mol. The number of amides is 3. The summed E-state index contributed by atoms with van der Waals surface area (Å²) in [6.45, 7) is 3.15. The van der Waals surface area contributed by atoms with Gasteiger partial charge in [0, 0.05) is 30.8 Å². The summed E-state index contributed by atoms with van der Waals surface area (Å²) in [4.78, 5) is 43.3. The van der Waals surface area contributed by atoms with Crippen LogP contribution < -0.4 is 15.8 Å². The second-order valence-electron chi connectivity index (χ2n) is 8.63. The summed E-state index contributed by atoms with van der Waals surface area (Å²) in [7, 11) is 0. The number of nitrogens with two attached hydrogens (primary N) is 1. The van der Waals surface area contributed by atoms with Gasteiger partial charge in [0.15, 0.2) is 0 Å². The molecule has 0 atom stereocenters. The van der Waals surface area contributed by atoms with Crippen molar-refractivity contribution in [2.24, 2.45) is 11.7 Å². The van der Waals surface area contributed by atoms with Crippen LogP contribution in [0.25, 0.3) is 0 Å². The van der Waals surface area contributed by atoms with Gasteiger partial charge in [0.25, 0.3) is 11.8 Å². The number of para-hydroxylation sites is 1. The van der Waals surface area contributed by atoms with Gasteiger partial charge in [-0.05, 0) is 61.2 Å². The first-order valence-corrected chi connectivity index (χ1v) is 11.5. The minimum absolute atomic E-state index is 0.0659. The number of ether oxygens (including phenoxy) is 1. The average Bonchev–Trinajstić information content (AvgIpc) is 2.88. The number of pyridine rings is 1. The molecule has 0 unspecified atom stereocenters. The summed E-state index contributed by atoms with van der Waals surface area (Å²) in [5, 5.41) is 2.86. The molecule has 2 aromatic carbocycles. The largest absolute Gasteiger partial charge is 0.488 e. The van der Waals surface area contributed by atoms with E-state index in [1.807, 2.05) is 19.1 Å². The molecule has 0 radical (unpaired) electrons. The van der Waals surface area contributed by atoms with E-state index >= 15 is 0 Å². The predicted molar refractivity (Wildman–Crippen MR) is 132 cm³/mol. The van der Waals surface area contributed by atoms with Crippen molar-refractivity contribution < 1.29 is 19.1 Å². The molecule has 1 aliphatic heterocycles. The third kappa shape index (κ3) is 6.03. The summed E-state index contributed by atoms with van der Waals surface area (Å²) in [6, 6.07) is 17.7. The number of nitrogens with one attached hydrogen (secondary N) is 1. The summed E-state index contributed by atoms with van der Waals surface area (Å²) in [5.74, 6) is 0.0748. The lowest BCUT2D eigenvalue weighted by Gasteiger charge is -2.31. The van der Waals surface area contributed by atoms with E-state index in [4.69, 9.17) is 10.5 Å². The smallest absolute Gasteiger partial charge is 0.253 e. The molecule has 8 heteroatoms. The molecular formula is C27H28N4O4. The molecule has 1 aliphatic rings. The standard InChI is InChI=1S/C27H28N4O4/c1-18-9-10-24(29-16-18)30-26(33)20-11-13-31(14-12-20)27(34)21-6-4-5-19(15-21)17-35-23-8-3-2-7-22(23)25(28)32/h2-10,15-16,20H,11-14,17H2,1H3,(H2,28,32)(H,29,30,33). The Morgan fingerprint density at radius 1 is 1.06 bits per heavy atom. The molecule has 0 bridgehead atoms. The van der Waals surface area contributed by atoms with Gasteiger partial charge in [-0.2, -0.15) is 0 Å². The van der Waals surface area contributed by atoms with E-state index < -0.39 is 5.91 Å². The van der Waals surface area contributed by atoms with Crippen LogP contribution in [0, 0.1) is 12.8 Å². The van der Waals surface area contributed by atoms with E-state index in [1.54, 1.807) is 59.6 Å². The van der Waals surface area contributed by atoms with Gasteiger partial charge in [0.05, 0.1) is 5.56 Å². The van der Waals surface area contributed by atoms with E-state index in [0.717, 1.165) is 11.1 Å². The van der Waals surface area contributed by atoms with Gasteiger partial charge in [-0.1, -0.05) is 30.3 Å². The minimum Gasteiger partial charge on any atom is -0.488 e. The zero-order valence-corrected chi connectivity index (χ0v) is 19.6. The van der Waals surface area contributed by atoms with Crippen molar-refractivity contribution in [3.63, 3.8) is 0 Å². The Hall–Kier alpha value is -4.20. The normalized spacial score (nSPS) is 13.8. The molecule has 1 fully saturated rings. The van der Waals surface area contributed by atoms with Crippen molar-refractivity contribution in [3.05, 3.63) is 89.1 Å². The SMILES string of the molecule is Cc1ccc(NC(=O)C2CCN(C(=O)c3cccc(COc4ccccc4C(N)=O)c3)CC2)nc1. The number of carbonyl (C=O) groups is 3. The molecule has 0 saturated carbocycles. The number of nitrogens with zero attached hydrogens (tertiary/aromatic N) is 2. The van der Waals surface area contributed by atoms with Crippen LogP contribution in [0.1, 0.15) is 44.7 Å². The number of rotatable bonds is 7. The number of aromatic nitrogens is 1. The van der Waals surface area contributed by atoms with Crippen LogP contribution in [0.4, 0.5) is 5.82 Å². The van der Waals surface area contributed by atoms with Gasteiger partial charge in [0.1, 0.15) is 18.2 Å². The van der Waals surface area contributed by atoms with Crippen LogP contribution in [0.15, 0.2) is 66.9 Å².